The Morgan fingerprint density at radius 1 is 0.700 bits per heavy atom. The molecule has 4 unspecified atom stereocenters. The van der Waals surface area contributed by atoms with Gasteiger partial charge in [-0.3, -0.25) is 0 Å². The summed E-state index contributed by atoms with van der Waals surface area (Å²) in [7, 11) is 0. The average Bonchev–Trinajstić information content (AvgIpc) is 1.84. The Hall–Kier alpha value is 0.540. The van der Waals surface area contributed by atoms with Crippen molar-refractivity contribution >= 4 is 25.3 Å². The number of hydrogen-bond acceptors (Lipinski definition) is 6. The monoisotopic (exact) mass is 186 g/mol. The van der Waals surface area contributed by atoms with Crippen LogP contribution in [0, 0.1) is 0 Å². The zero-order valence-electron chi connectivity index (χ0n) is 4.99. The summed E-state index contributed by atoms with van der Waals surface area (Å²) >= 11 is 6.85. The minimum atomic E-state index is -1.49. The highest BCUT2D eigenvalue weighted by Gasteiger charge is 2.26. The van der Waals surface area contributed by atoms with Crippen LogP contribution in [0.25, 0.3) is 0 Å². The third kappa shape index (κ3) is 3.09. The molecule has 0 amide bonds. The van der Waals surface area contributed by atoms with E-state index in [1.807, 2.05) is 0 Å². The molecule has 4 nitrogen and oxygen atoms in total. The second-order valence-electron chi connectivity index (χ2n) is 1.81. The van der Waals surface area contributed by atoms with E-state index in [1.165, 1.54) is 0 Å². The van der Waals surface area contributed by atoms with E-state index in [-0.39, 0.29) is 0 Å². The second kappa shape index (κ2) is 4.42. The van der Waals surface area contributed by atoms with Crippen molar-refractivity contribution in [2.75, 3.05) is 0 Å². The molecule has 0 fully saturated rings. The highest BCUT2D eigenvalue weighted by molar-refractivity contribution is 7.81. The molecule has 0 bridgehead atoms. The Morgan fingerprint density at radius 3 is 1.00 bits per heavy atom. The number of rotatable bonds is 3. The lowest BCUT2D eigenvalue weighted by molar-refractivity contribution is -0.0576. The standard InChI is InChI=1S/C4H10O4S2/c5-1(3(7)9)2(6)4(8)10/h1-10H. The summed E-state index contributed by atoms with van der Waals surface area (Å²) in [5, 5.41) is 34.7. The van der Waals surface area contributed by atoms with E-state index in [2.05, 4.69) is 25.3 Å². The summed E-state index contributed by atoms with van der Waals surface area (Å²) in [6.45, 7) is 0. The summed E-state index contributed by atoms with van der Waals surface area (Å²) < 4.78 is 0. The summed E-state index contributed by atoms with van der Waals surface area (Å²) in [4.78, 5) is 0. The first-order valence-electron chi connectivity index (χ1n) is 2.55. The predicted octanol–water partition coefficient (Wildman–Crippen LogP) is -1.80. The molecule has 0 aromatic heterocycles. The smallest absolute Gasteiger partial charge is 0.125 e. The average molecular weight is 186 g/mol. The topological polar surface area (TPSA) is 80.9 Å². The fourth-order valence-electron chi connectivity index (χ4n) is 0.353. The van der Waals surface area contributed by atoms with Gasteiger partial charge in [0, 0.05) is 0 Å². The van der Waals surface area contributed by atoms with Crippen molar-refractivity contribution in [3.63, 3.8) is 0 Å². The molecule has 0 aliphatic carbocycles. The minimum Gasteiger partial charge on any atom is -0.387 e. The summed E-state index contributed by atoms with van der Waals surface area (Å²) in [5.74, 6) is 0. The summed E-state index contributed by atoms with van der Waals surface area (Å²) in [5.41, 5.74) is -2.76. The molecule has 0 aromatic rings. The first-order chi connectivity index (χ1) is 4.46. The fourth-order valence-corrected chi connectivity index (χ4v) is 0.705. The Bertz CT molecular complexity index is 85.3. The highest BCUT2D eigenvalue weighted by Crippen LogP contribution is 2.08. The van der Waals surface area contributed by atoms with Crippen LogP contribution in [0.1, 0.15) is 0 Å². The Morgan fingerprint density at radius 2 is 0.900 bits per heavy atom. The molecule has 0 spiro atoms. The van der Waals surface area contributed by atoms with E-state index < -0.39 is 23.1 Å². The lowest BCUT2D eigenvalue weighted by atomic mass is 10.2. The van der Waals surface area contributed by atoms with Crippen molar-refractivity contribution in [3.05, 3.63) is 0 Å². The van der Waals surface area contributed by atoms with Gasteiger partial charge in [0.2, 0.25) is 0 Å². The zero-order chi connectivity index (χ0) is 8.31. The van der Waals surface area contributed by atoms with Gasteiger partial charge < -0.3 is 20.4 Å². The lowest BCUT2D eigenvalue weighted by Gasteiger charge is -2.20. The molecule has 0 saturated heterocycles. The highest BCUT2D eigenvalue weighted by atomic mass is 32.1. The van der Waals surface area contributed by atoms with E-state index >= 15 is 0 Å². The van der Waals surface area contributed by atoms with Gasteiger partial charge in [0.1, 0.15) is 23.1 Å². The molecule has 0 heterocycles. The minimum absolute atomic E-state index is 1.38. The second-order valence-corrected chi connectivity index (χ2v) is 2.87. The first kappa shape index (κ1) is 10.5. The molecule has 4 N–H and O–H groups in total. The van der Waals surface area contributed by atoms with Crippen LogP contribution in [0.2, 0.25) is 0 Å². The van der Waals surface area contributed by atoms with Gasteiger partial charge >= 0.3 is 0 Å². The van der Waals surface area contributed by atoms with Crippen LogP contribution in [-0.2, 0) is 0 Å². The van der Waals surface area contributed by atoms with E-state index in [1.54, 1.807) is 0 Å². The maximum Gasteiger partial charge on any atom is 0.125 e. The van der Waals surface area contributed by atoms with Gasteiger partial charge in [-0.1, -0.05) is 0 Å². The Labute approximate surface area is 69.3 Å². The summed E-state index contributed by atoms with van der Waals surface area (Å²) in [6.07, 6.45) is -2.98. The van der Waals surface area contributed by atoms with Crippen molar-refractivity contribution in [2.24, 2.45) is 0 Å². The first-order valence-corrected chi connectivity index (χ1v) is 3.58. The molecule has 0 saturated carbocycles. The van der Waals surface area contributed by atoms with Gasteiger partial charge in [-0.05, 0) is 0 Å². The van der Waals surface area contributed by atoms with Crippen LogP contribution in [0.15, 0.2) is 0 Å². The largest absolute Gasteiger partial charge is 0.387 e. The quantitative estimate of drug-likeness (QED) is 0.232. The van der Waals surface area contributed by atoms with Crippen molar-refractivity contribution in [3.8, 4) is 0 Å². The maximum absolute atomic E-state index is 8.78. The van der Waals surface area contributed by atoms with Gasteiger partial charge in [0.05, 0.1) is 0 Å². The molecular formula is C4H10O4S2. The van der Waals surface area contributed by atoms with Crippen molar-refractivity contribution in [1.29, 1.82) is 0 Å². The molecule has 0 aliphatic rings. The molecular weight excluding hydrogens is 176 g/mol. The van der Waals surface area contributed by atoms with Crippen LogP contribution < -0.4 is 0 Å². The lowest BCUT2D eigenvalue weighted by Crippen LogP contribution is -2.40. The van der Waals surface area contributed by atoms with Crippen LogP contribution in [0.4, 0.5) is 0 Å². The van der Waals surface area contributed by atoms with Crippen LogP contribution in [0.5, 0.6) is 0 Å². The van der Waals surface area contributed by atoms with Gasteiger partial charge in [0.25, 0.3) is 0 Å². The van der Waals surface area contributed by atoms with Gasteiger partial charge in [0.15, 0.2) is 0 Å². The maximum atomic E-state index is 8.78. The summed E-state index contributed by atoms with van der Waals surface area (Å²) in [6, 6.07) is 0. The third-order valence-electron chi connectivity index (χ3n) is 0.961. The molecule has 0 radical (unpaired) electrons. The van der Waals surface area contributed by atoms with Crippen molar-refractivity contribution < 1.29 is 20.4 Å². The molecule has 10 heavy (non-hydrogen) atoms. The molecule has 62 valence electrons. The van der Waals surface area contributed by atoms with E-state index in [0.717, 1.165) is 0 Å². The van der Waals surface area contributed by atoms with Gasteiger partial charge in [-0.25, -0.2) is 0 Å². The molecule has 6 heteroatoms. The molecule has 0 aliphatic heterocycles. The van der Waals surface area contributed by atoms with Crippen molar-refractivity contribution in [1.82, 2.24) is 0 Å². The van der Waals surface area contributed by atoms with Crippen molar-refractivity contribution in [2.45, 2.75) is 23.1 Å². The van der Waals surface area contributed by atoms with Crippen LogP contribution in [-0.4, -0.2) is 43.5 Å². The molecule has 0 aromatic carbocycles. The fraction of sp³-hybridized carbons (Fsp3) is 1.00. The third-order valence-corrected chi connectivity index (χ3v) is 1.57. The van der Waals surface area contributed by atoms with E-state index in [0.29, 0.717) is 0 Å². The number of aliphatic hydroxyl groups excluding tert-OH is 4. The predicted molar refractivity (Wildman–Crippen MR) is 42.0 cm³/mol. The Balaban J connectivity index is 3.81. The van der Waals surface area contributed by atoms with Gasteiger partial charge in [-0.15, -0.1) is 25.3 Å². The van der Waals surface area contributed by atoms with E-state index in [9.17, 15) is 0 Å². The van der Waals surface area contributed by atoms with E-state index in [4.69, 9.17) is 20.4 Å². The van der Waals surface area contributed by atoms with Crippen LogP contribution >= 0.6 is 25.3 Å². The molecule has 0 rings (SSSR count). The number of hydrogen-bond donors (Lipinski definition) is 6. The van der Waals surface area contributed by atoms with Crippen LogP contribution in [0.3, 0.4) is 0 Å². The SMILES string of the molecule is OC(S)C(O)C(O)C(O)S. The molecule has 4 atom stereocenters. The zero-order valence-corrected chi connectivity index (χ0v) is 6.78. The number of aliphatic hydroxyl groups is 4. The Kier molecular flexibility index (Phi) is 4.66. The van der Waals surface area contributed by atoms with Gasteiger partial charge in [-0.2, -0.15) is 0 Å². The normalized spacial score (nSPS) is 23.4. The number of thiol groups is 2.